The Balaban J connectivity index is 1.92. The normalized spacial score (nSPS) is 14.6. The minimum Gasteiger partial charge on any atom is -0.236 e. The van der Waals surface area contributed by atoms with Crippen LogP contribution in [0.2, 0.25) is 15.2 Å². The number of rotatable bonds is 3. The minimum atomic E-state index is 0.469. The van der Waals surface area contributed by atoms with Crippen molar-refractivity contribution in [3.8, 4) is 0 Å². The largest absolute Gasteiger partial charge is 0.236 e. The fourth-order valence-corrected chi connectivity index (χ4v) is 3.04. The lowest BCUT2D eigenvalue weighted by Gasteiger charge is -2.08. The first kappa shape index (κ1) is 14.6. The fraction of sp³-hybridized carbons (Fsp3) is 0.286. The number of nitrogens with zero attached hydrogens (tertiary/aromatic N) is 2. The van der Waals surface area contributed by atoms with Crippen LogP contribution in [0.1, 0.15) is 35.8 Å². The van der Waals surface area contributed by atoms with Crippen LogP contribution >= 0.6 is 50.7 Å². The molecule has 1 saturated carbocycles. The summed E-state index contributed by atoms with van der Waals surface area (Å²) in [5, 5.41) is 1.55. The molecule has 20 heavy (non-hydrogen) atoms. The molecular formula is C14H10BrCl3N2. The molecule has 0 unspecified atom stereocenters. The molecule has 0 atom stereocenters. The van der Waals surface area contributed by atoms with E-state index in [9.17, 15) is 0 Å². The van der Waals surface area contributed by atoms with Gasteiger partial charge in [0.2, 0.25) is 0 Å². The Hall–Kier alpha value is -0.350. The van der Waals surface area contributed by atoms with E-state index in [4.69, 9.17) is 34.8 Å². The van der Waals surface area contributed by atoms with Crippen LogP contribution in [0, 0.1) is 0 Å². The molecule has 3 rings (SSSR count). The maximum atomic E-state index is 6.17. The van der Waals surface area contributed by atoms with Gasteiger partial charge < -0.3 is 0 Å². The predicted octanol–water partition coefficient (Wildman–Crippen LogP) is 5.67. The number of hydrogen-bond donors (Lipinski definition) is 0. The molecule has 1 fully saturated rings. The highest BCUT2D eigenvalue weighted by Gasteiger charge is 2.29. The second kappa shape index (κ2) is 5.80. The van der Waals surface area contributed by atoms with E-state index >= 15 is 0 Å². The highest BCUT2D eigenvalue weighted by molar-refractivity contribution is 9.10. The van der Waals surface area contributed by atoms with Gasteiger partial charge in [0.15, 0.2) is 0 Å². The summed E-state index contributed by atoms with van der Waals surface area (Å²) in [6.07, 6.45) is 2.92. The number of halogens is 4. The van der Waals surface area contributed by atoms with Crippen LogP contribution in [0.3, 0.4) is 0 Å². The molecule has 2 aromatic rings. The van der Waals surface area contributed by atoms with Crippen molar-refractivity contribution >= 4 is 50.7 Å². The van der Waals surface area contributed by atoms with E-state index in [0.29, 0.717) is 33.4 Å². The third-order valence-corrected chi connectivity index (χ3v) is 5.22. The molecule has 0 saturated heterocycles. The first-order valence-corrected chi connectivity index (χ1v) is 8.13. The van der Waals surface area contributed by atoms with Crippen molar-refractivity contribution in [3.63, 3.8) is 0 Å². The van der Waals surface area contributed by atoms with Crippen LogP contribution in [-0.4, -0.2) is 9.97 Å². The lowest BCUT2D eigenvalue weighted by Crippen LogP contribution is -2.02. The zero-order valence-corrected chi connectivity index (χ0v) is 14.2. The van der Waals surface area contributed by atoms with Crippen molar-refractivity contribution in [3.05, 3.63) is 55.0 Å². The van der Waals surface area contributed by atoms with Gasteiger partial charge in [-0.2, -0.15) is 0 Å². The zero-order chi connectivity index (χ0) is 14.3. The molecular weight excluding hydrogens is 382 g/mol. The summed E-state index contributed by atoms with van der Waals surface area (Å²) in [7, 11) is 0. The molecule has 1 heterocycles. The molecule has 0 amide bonds. The Labute approximate surface area is 140 Å². The monoisotopic (exact) mass is 390 g/mol. The lowest BCUT2D eigenvalue weighted by atomic mass is 10.1. The average molecular weight is 393 g/mol. The first-order valence-electron chi connectivity index (χ1n) is 6.20. The quantitative estimate of drug-likeness (QED) is 0.629. The molecule has 1 aromatic carbocycles. The SMILES string of the molecule is Clc1ccc(Cc2nc(Cl)c(Br)c(C3CC3)n2)cc1Cl. The molecule has 2 nitrogen and oxygen atoms in total. The molecule has 1 aliphatic rings. The van der Waals surface area contributed by atoms with E-state index in [2.05, 4.69) is 25.9 Å². The van der Waals surface area contributed by atoms with Gasteiger partial charge in [0.1, 0.15) is 11.0 Å². The molecule has 0 bridgehead atoms. The maximum Gasteiger partial charge on any atom is 0.147 e. The van der Waals surface area contributed by atoms with Gasteiger partial charge in [0, 0.05) is 12.3 Å². The Morgan fingerprint density at radius 2 is 1.85 bits per heavy atom. The van der Waals surface area contributed by atoms with Crippen LogP contribution in [0.5, 0.6) is 0 Å². The van der Waals surface area contributed by atoms with E-state index in [-0.39, 0.29) is 0 Å². The number of benzene rings is 1. The van der Waals surface area contributed by atoms with E-state index < -0.39 is 0 Å². The van der Waals surface area contributed by atoms with Gasteiger partial charge in [-0.15, -0.1) is 0 Å². The number of aromatic nitrogens is 2. The summed E-state index contributed by atoms with van der Waals surface area (Å²) in [6.45, 7) is 0. The van der Waals surface area contributed by atoms with Gasteiger partial charge in [-0.05, 0) is 46.5 Å². The van der Waals surface area contributed by atoms with Crippen molar-refractivity contribution in [1.82, 2.24) is 9.97 Å². The second-order valence-electron chi connectivity index (χ2n) is 4.83. The van der Waals surface area contributed by atoms with Gasteiger partial charge >= 0.3 is 0 Å². The van der Waals surface area contributed by atoms with Gasteiger partial charge in [0.25, 0.3) is 0 Å². The Kier molecular flexibility index (Phi) is 4.23. The highest BCUT2D eigenvalue weighted by atomic mass is 79.9. The van der Waals surface area contributed by atoms with Crippen LogP contribution in [-0.2, 0) is 6.42 Å². The third kappa shape index (κ3) is 3.11. The van der Waals surface area contributed by atoms with Gasteiger partial charge in [-0.25, -0.2) is 9.97 Å². The Morgan fingerprint density at radius 1 is 1.10 bits per heavy atom. The summed E-state index contributed by atoms with van der Waals surface area (Å²) in [4.78, 5) is 8.95. The fourth-order valence-electron chi connectivity index (χ4n) is 2.02. The molecule has 1 aliphatic carbocycles. The van der Waals surface area contributed by atoms with Crippen LogP contribution in [0.15, 0.2) is 22.7 Å². The minimum absolute atomic E-state index is 0.469. The van der Waals surface area contributed by atoms with E-state index in [1.54, 1.807) is 6.07 Å². The summed E-state index contributed by atoms with van der Waals surface area (Å²) in [5.41, 5.74) is 2.03. The standard InChI is InChI=1S/C14H10BrCl3N2/c15-12-13(8-2-3-8)19-11(20-14(12)18)6-7-1-4-9(16)10(17)5-7/h1,4-5,8H,2-3,6H2. The van der Waals surface area contributed by atoms with Crippen LogP contribution in [0.4, 0.5) is 0 Å². The Bertz CT molecular complexity index is 672. The van der Waals surface area contributed by atoms with Crippen LogP contribution in [0.25, 0.3) is 0 Å². The first-order chi connectivity index (χ1) is 9.54. The predicted molar refractivity (Wildman–Crippen MR) is 86.0 cm³/mol. The second-order valence-corrected chi connectivity index (χ2v) is 6.79. The highest BCUT2D eigenvalue weighted by Crippen LogP contribution is 2.43. The van der Waals surface area contributed by atoms with Crippen molar-refractivity contribution in [2.75, 3.05) is 0 Å². The maximum absolute atomic E-state index is 6.17. The van der Waals surface area contributed by atoms with Crippen LogP contribution < -0.4 is 0 Å². The van der Waals surface area contributed by atoms with E-state index in [1.165, 1.54) is 0 Å². The molecule has 0 spiro atoms. The van der Waals surface area contributed by atoms with Gasteiger partial charge in [0.05, 0.1) is 20.2 Å². The smallest absolute Gasteiger partial charge is 0.147 e. The third-order valence-electron chi connectivity index (χ3n) is 3.19. The topological polar surface area (TPSA) is 25.8 Å². The van der Waals surface area contributed by atoms with Gasteiger partial charge in [-0.1, -0.05) is 40.9 Å². The van der Waals surface area contributed by atoms with Crippen molar-refractivity contribution in [1.29, 1.82) is 0 Å². The molecule has 1 aromatic heterocycles. The number of hydrogen-bond acceptors (Lipinski definition) is 2. The zero-order valence-electron chi connectivity index (χ0n) is 10.3. The molecule has 0 aliphatic heterocycles. The van der Waals surface area contributed by atoms with Crippen molar-refractivity contribution < 1.29 is 0 Å². The molecule has 0 radical (unpaired) electrons. The van der Waals surface area contributed by atoms with Crippen molar-refractivity contribution in [2.24, 2.45) is 0 Å². The van der Waals surface area contributed by atoms with Crippen molar-refractivity contribution in [2.45, 2.75) is 25.2 Å². The molecule has 0 N–H and O–H groups in total. The summed E-state index contributed by atoms with van der Waals surface area (Å²) >= 11 is 21.6. The molecule has 104 valence electrons. The van der Waals surface area contributed by atoms with E-state index in [0.717, 1.165) is 28.6 Å². The molecule has 6 heteroatoms. The average Bonchev–Trinajstić information content (AvgIpc) is 3.22. The van der Waals surface area contributed by atoms with E-state index in [1.807, 2.05) is 12.1 Å². The lowest BCUT2D eigenvalue weighted by molar-refractivity contribution is 0.890. The van der Waals surface area contributed by atoms with Gasteiger partial charge in [-0.3, -0.25) is 0 Å². The Morgan fingerprint density at radius 3 is 2.50 bits per heavy atom. The summed E-state index contributed by atoms with van der Waals surface area (Å²) < 4.78 is 0.819. The summed E-state index contributed by atoms with van der Waals surface area (Å²) in [5.74, 6) is 1.22. The summed E-state index contributed by atoms with van der Waals surface area (Å²) in [6, 6.07) is 5.53.